The summed E-state index contributed by atoms with van der Waals surface area (Å²) in [4.78, 5) is 37.7. The summed E-state index contributed by atoms with van der Waals surface area (Å²) in [6.07, 6.45) is 0. The van der Waals surface area contributed by atoms with Gasteiger partial charge in [-0.05, 0) is 48.4 Å². The highest BCUT2D eigenvalue weighted by Crippen LogP contribution is 2.26. The van der Waals surface area contributed by atoms with E-state index in [1.807, 2.05) is 31.2 Å². The van der Waals surface area contributed by atoms with E-state index in [0.29, 0.717) is 22.5 Å². The number of carbonyl (C=O) groups is 3. The van der Waals surface area contributed by atoms with Crippen LogP contribution in [0.2, 0.25) is 0 Å². The maximum atomic E-state index is 13.2. The average Bonchev–Trinajstić information content (AvgIpc) is 2.81. The summed E-state index contributed by atoms with van der Waals surface area (Å²) in [6, 6.07) is 20.9. The number of urea groups is 1. The first-order valence-corrected chi connectivity index (χ1v) is 10.2. The molecule has 1 atom stereocenters. The minimum Gasteiger partial charge on any atom is -0.465 e. The number of anilines is 2. The van der Waals surface area contributed by atoms with E-state index in [-0.39, 0.29) is 0 Å². The van der Waals surface area contributed by atoms with Gasteiger partial charge in [0.05, 0.1) is 12.7 Å². The molecule has 0 aromatic heterocycles. The summed E-state index contributed by atoms with van der Waals surface area (Å²) in [5.41, 5.74) is 2.94. The molecule has 0 aliphatic rings. The maximum Gasteiger partial charge on any atom is 0.337 e. The minimum absolute atomic E-state index is 0.355. The number of carbonyl (C=O) groups excluding carboxylic acids is 3. The van der Waals surface area contributed by atoms with Gasteiger partial charge in [0, 0.05) is 11.4 Å². The van der Waals surface area contributed by atoms with Crippen LogP contribution in [0.15, 0.2) is 78.9 Å². The quantitative estimate of drug-likeness (QED) is 0.371. The molecule has 1 unspecified atom stereocenters. The molecule has 0 aliphatic carbocycles. The van der Waals surface area contributed by atoms with Crippen LogP contribution >= 0.6 is 12.8 Å². The van der Waals surface area contributed by atoms with E-state index in [0.717, 1.165) is 9.87 Å². The van der Waals surface area contributed by atoms with E-state index in [9.17, 15) is 14.4 Å². The SMILES string of the molecule is COC(=O)c1ccc(NC(=O)N(S)C(C(=O)Nc2ccccc2C)c2ccccc2)cc1. The minimum atomic E-state index is -0.992. The third-order valence-corrected chi connectivity index (χ3v) is 5.19. The Morgan fingerprint density at radius 1 is 0.875 bits per heavy atom. The van der Waals surface area contributed by atoms with Crippen LogP contribution in [-0.2, 0) is 9.53 Å². The molecule has 3 amide bonds. The van der Waals surface area contributed by atoms with Gasteiger partial charge in [-0.15, -0.1) is 0 Å². The second-order valence-electron chi connectivity index (χ2n) is 6.96. The zero-order valence-corrected chi connectivity index (χ0v) is 18.5. The molecule has 0 aliphatic heterocycles. The van der Waals surface area contributed by atoms with Gasteiger partial charge < -0.3 is 15.4 Å². The van der Waals surface area contributed by atoms with Crippen molar-refractivity contribution in [1.29, 1.82) is 0 Å². The van der Waals surface area contributed by atoms with Crippen molar-refractivity contribution in [3.63, 3.8) is 0 Å². The van der Waals surface area contributed by atoms with Crippen LogP contribution in [0, 0.1) is 6.92 Å². The van der Waals surface area contributed by atoms with Crippen molar-refractivity contribution >= 4 is 42.1 Å². The largest absolute Gasteiger partial charge is 0.465 e. The van der Waals surface area contributed by atoms with Crippen LogP contribution in [0.3, 0.4) is 0 Å². The number of esters is 1. The van der Waals surface area contributed by atoms with Gasteiger partial charge in [-0.2, -0.15) is 0 Å². The molecule has 0 bridgehead atoms. The summed E-state index contributed by atoms with van der Waals surface area (Å²) >= 11 is 4.35. The van der Waals surface area contributed by atoms with Crippen LogP contribution in [0.4, 0.5) is 16.2 Å². The smallest absolute Gasteiger partial charge is 0.337 e. The lowest BCUT2D eigenvalue weighted by molar-refractivity contribution is -0.119. The van der Waals surface area contributed by atoms with E-state index < -0.39 is 23.9 Å². The zero-order valence-electron chi connectivity index (χ0n) is 17.6. The molecule has 2 N–H and O–H groups in total. The van der Waals surface area contributed by atoms with E-state index in [1.165, 1.54) is 19.2 Å². The first-order valence-electron chi connectivity index (χ1n) is 9.79. The van der Waals surface area contributed by atoms with Crippen molar-refractivity contribution < 1.29 is 19.1 Å². The van der Waals surface area contributed by atoms with Crippen LogP contribution < -0.4 is 10.6 Å². The normalized spacial score (nSPS) is 11.2. The number of methoxy groups -OCH3 is 1. The van der Waals surface area contributed by atoms with Gasteiger partial charge in [0.25, 0.3) is 5.91 Å². The van der Waals surface area contributed by atoms with Gasteiger partial charge in [-0.25, -0.2) is 9.59 Å². The molecule has 32 heavy (non-hydrogen) atoms. The Hall–Kier alpha value is -3.78. The summed E-state index contributed by atoms with van der Waals surface area (Å²) in [7, 11) is 1.29. The molecular weight excluding hydrogens is 426 g/mol. The fourth-order valence-electron chi connectivity index (χ4n) is 3.06. The predicted octanol–water partition coefficient (Wildman–Crippen LogP) is 4.84. The molecule has 3 aromatic carbocycles. The number of ether oxygens (including phenoxy) is 1. The summed E-state index contributed by atoms with van der Waals surface area (Å²) in [6.45, 7) is 1.89. The Bertz CT molecular complexity index is 1100. The molecule has 8 heteroatoms. The molecule has 0 radical (unpaired) electrons. The Labute approximate surface area is 191 Å². The van der Waals surface area contributed by atoms with E-state index in [4.69, 9.17) is 0 Å². The average molecular weight is 450 g/mol. The number of nitrogens with zero attached hydrogens (tertiary/aromatic N) is 1. The number of thiol groups is 1. The molecule has 3 rings (SSSR count). The number of aryl methyl sites for hydroxylation is 1. The molecule has 164 valence electrons. The lowest BCUT2D eigenvalue weighted by Gasteiger charge is -2.27. The topological polar surface area (TPSA) is 87.7 Å². The molecule has 3 aromatic rings. The summed E-state index contributed by atoms with van der Waals surface area (Å²) in [5.74, 6) is -0.882. The molecule has 0 heterocycles. The van der Waals surface area contributed by atoms with Crippen LogP contribution in [0.5, 0.6) is 0 Å². The zero-order chi connectivity index (χ0) is 23.1. The van der Waals surface area contributed by atoms with Gasteiger partial charge in [-0.1, -0.05) is 61.3 Å². The van der Waals surface area contributed by atoms with Crippen molar-refractivity contribution in [2.75, 3.05) is 17.7 Å². The number of amides is 3. The third kappa shape index (κ3) is 5.47. The van der Waals surface area contributed by atoms with Gasteiger partial charge in [0.15, 0.2) is 0 Å². The summed E-state index contributed by atoms with van der Waals surface area (Å²) < 4.78 is 5.71. The lowest BCUT2D eigenvalue weighted by Crippen LogP contribution is -2.38. The molecule has 0 saturated heterocycles. The molecule has 0 saturated carbocycles. The second-order valence-corrected chi connectivity index (χ2v) is 7.39. The van der Waals surface area contributed by atoms with Crippen molar-refractivity contribution in [1.82, 2.24) is 4.31 Å². The van der Waals surface area contributed by atoms with Gasteiger partial charge in [-0.3, -0.25) is 9.10 Å². The Morgan fingerprint density at radius 3 is 2.12 bits per heavy atom. The second kappa shape index (κ2) is 10.5. The van der Waals surface area contributed by atoms with E-state index in [1.54, 1.807) is 42.5 Å². The monoisotopic (exact) mass is 449 g/mol. The maximum absolute atomic E-state index is 13.2. The molecular formula is C24H23N3O4S. The van der Waals surface area contributed by atoms with Crippen LogP contribution in [-0.4, -0.2) is 29.3 Å². The van der Waals surface area contributed by atoms with Crippen molar-refractivity contribution in [2.24, 2.45) is 0 Å². The molecule has 0 spiro atoms. The third-order valence-electron chi connectivity index (χ3n) is 4.78. The Morgan fingerprint density at radius 2 is 1.50 bits per heavy atom. The van der Waals surface area contributed by atoms with E-state index in [2.05, 4.69) is 28.2 Å². The molecule has 7 nitrogen and oxygen atoms in total. The fourth-order valence-corrected chi connectivity index (χ4v) is 3.35. The standard InChI is InChI=1S/C24H23N3O4S/c1-16-8-6-7-11-20(16)26-22(28)21(17-9-4-3-5-10-17)27(32)24(30)25-19-14-12-18(13-15-19)23(29)31-2/h3-15,21,32H,1-2H3,(H,25,30)(H,26,28). The Balaban J connectivity index is 1.81. The van der Waals surface area contributed by atoms with Crippen molar-refractivity contribution in [3.8, 4) is 0 Å². The highest BCUT2D eigenvalue weighted by molar-refractivity contribution is 7.78. The van der Waals surface area contributed by atoms with Gasteiger partial charge in [0.2, 0.25) is 0 Å². The number of hydrogen-bond donors (Lipinski definition) is 3. The lowest BCUT2D eigenvalue weighted by atomic mass is 10.1. The highest BCUT2D eigenvalue weighted by atomic mass is 32.1. The van der Waals surface area contributed by atoms with E-state index >= 15 is 0 Å². The number of rotatable bonds is 6. The van der Waals surface area contributed by atoms with Crippen molar-refractivity contribution in [2.45, 2.75) is 13.0 Å². The fraction of sp³-hybridized carbons (Fsp3) is 0.125. The van der Waals surface area contributed by atoms with Crippen LogP contribution in [0.1, 0.15) is 27.5 Å². The first kappa shape index (κ1) is 22.9. The Kier molecular flexibility index (Phi) is 7.51. The highest BCUT2D eigenvalue weighted by Gasteiger charge is 2.30. The number of nitrogens with one attached hydrogen (secondary N) is 2. The number of hydrogen-bond acceptors (Lipinski definition) is 5. The number of benzene rings is 3. The van der Waals surface area contributed by atoms with Gasteiger partial charge in [0.1, 0.15) is 6.04 Å². The molecule has 0 fully saturated rings. The first-order chi connectivity index (χ1) is 15.4. The van der Waals surface area contributed by atoms with Gasteiger partial charge >= 0.3 is 12.0 Å². The number of para-hydroxylation sites is 1. The predicted molar refractivity (Wildman–Crippen MR) is 127 cm³/mol. The summed E-state index contributed by atoms with van der Waals surface area (Å²) in [5, 5.41) is 5.56. The van der Waals surface area contributed by atoms with Crippen molar-refractivity contribution in [3.05, 3.63) is 95.6 Å². The van der Waals surface area contributed by atoms with Crippen LogP contribution in [0.25, 0.3) is 0 Å².